The number of hydrogen-bond donors (Lipinski definition) is 2. The van der Waals surface area contributed by atoms with Crippen molar-refractivity contribution in [2.45, 2.75) is 0 Å². The lowest BCUT2D eigenvalue weighted by molar-refractivity contribution is 0.737. The molecule has 0 unspecified atom stereocenters. The fraction of sp³-hybridized carbons (Fsp3) is 0. The first kappa shape index (κ1) is 10.7. The second-order valence-electron chi connectivity index (χ2n) is 4.03. The normalized spacial score (nSPS) is 14.8. The van der Waals surface area contributed by atoms with E-state index in [1.165, 1.54) is 0 Å². The number of hydrazine groups is 2. The summed E-state index contributed by atoms with van der Waals surface area (Å²) in [6.45, 7) is 0. The molecule has 0 aliphatic carbocycles. The first-order valence-electron chi connectivity index (χ1n) is 5.77. The van der Waals surface area contributed by atoms with E-state index in [-0.39, 0.29) is 0 Å². The van der Waals surface area contributed by atoms with Gasteiger partial charge in [0.2, 0.25) is 0 Å². The topological polar surface area (TPSA) is 44.5 Å². The Bertz CT molecular complexity index is 551. The van der Waals surface area contributed by atoms with Crippen molar-refractivity contribution in [3.8, 4) is 0 Å². The maximum absolute atomic E-state index is 6.02. The summed E-state index contributed by atoms with van der Waals surface area (Å²) in [5, 5.41) is 3.73. The predicted octanol–water partition coefficient (Wildman–Crippen LogP) is 2.19. The molecule has 1 aliphatic heterocycles. The van der Waals surface area contributed by atoms with Gasteiger partial charge in [0.05, 0.1) is 17.6 Å². The van der Waals surface area contributed by atoms with Gasteiger partial charge in [0.15, 0.2) is 0 Å². The zero-order valence-corrected chi connectivity index (χ0v) is 9.82. The van der Waals surface area contributed by atoms with Gasteiger partial charge in [-0.1, -0.05) is 36.4 Å². The summed E-state index contributed by atoms with van der Waals surface area (Å²) < 4.78 is 0. The van der Waals surface area contributed by atoms with Crippen LogP contribution >= 0.6 is 0 Å². The molecule has 0 saturated heterocycles. The molecule has 0 saturated carbocycles. The van der Waals surface area contributed by atoms with Crippen LogP contribution in [0.25, 0.3) is 0 Å². The fourth-order valence-electron chi connectivity index (χ4n) is 1.89. The van der Waals surface area contributed by atoms with E-state index in [1.54, 1.807) is 0 Å². The number of nitrogens with one attached hydrogen (secondary N) is 1. The standard InChI is InChI=1S/C14H14N4/c15-14-11-17(12-7-3-1-4-8-12)16-18(14)13-9-5-2-6-10-13/h1-11,16H,15H2. The zero-order chi connectivity index (χ0) is 12.4. The number of benzene rings is 2. The molecule has 0 spiro atoms. The molecule has 0 radical (unpaired) electrons. The Morgan fingerprint density at radius 1 is 0.778 bits per heavy atom. The van der Waals surface area contributed by atoms with Crippen molar-refractivity contribution in [1.82, 2.24) is 5.53 Å². The molecule has 1 aliphatic rings. The Morgan fingerprint density at radius 2 is 1.33 bits per heavy atom. The van der Waals surface area contributed by atoms with Gasteiger partial charge in [-0.05, 0) is 24.3 Å². The van der Waals surface area contributed by atoms with Gasteiger partial charge >= 0.3 is 0 Å². The molecule has 0 atom stereocenters. The summed E-state index contributed by atoms with van der Waals surface area (Å²) >= 11 is 0. The largest absolute Gasteiger partial charge is 0.383 e. The smallest absolute Gasteiger partial charge is 0.138 e. The number of para-hydroxylation sites is 2. The van der Waals surface area contributed by atoms with E-state index in [4.69, 9.17) is 5.73 Å². The second-order valence-corrected chi connectivity index (χ2v) is 4.03. The molecule has 18 heavy (non-hydrogen) atoms. The zero-order valence-electron chi connectivity index (χ0n) is 9.82. The van der Waals surface area contributed by atoms with Crippen molar-refractivity contribution >= 4 is 11.4 Å². The van der Waals surface area contributed by atoms with E-state index in [0.717, 1.165) is 11.4 Å². The maximum Gasteiger partial charge on any atom is 0.138 e. The highest BCUT2D eigenvalue weighted by Gasteiger charge is 2.20. The van der Waals surface area contributed by atoms with Crippen LogP contribution in [0.5, 0.6) is 0 Å². The number of rotatable bonds is 2. The van der Waals surface area contributed by atoms with Gasteiger partial charge in [-0.3, -0.25) is 5.01 Å². The second kappa shape index (κ2) is 4.43. The molecule has 1 heterocycles. The summed E-state index contributed by atoms with van der Waals surface area (Å²) in [5.74, 6) is 0.657. The van der Waals surface area contributed by atoms with Crippen molar-refractivity contribution in [3.05, 3.63) is 72.7 Å². The van der Waals surface area contributed by atoms with Crippen LogP contribution in [0, 0.1) is 0 Å². The quantitative estimate of drug-likeness (QED) is 0.841. The molecule has 0 bridgehead atoms. The van der Waals surface area contributed by atoms with Crippen LogP contribution in [0.2, 0.25) is 0 Å². The van der Waals surface area contributed by atoms with Gasteiger partial charge in [0.1, 0.15) is 5.82 Å². The van der Waals surface area contributed by atoms with E-state index >= 15 is 0 Å². The molecular formula is C14H14N4. The minimum absolute atomic E-state index is 0.657. The van der Waals surface area contributed by atoms with Gasteiger partial charge in [0.25, 0.3) is 0 Å². The van der Waals surface area contributed by atoms with Gasteiger partial charge in [-0.15, -0.1) is 5.53 Å². The third-order valence-corrected chi connectivity index (χ3v) is 2.78. The summed E-state index contributed by atoms with van der Waals surface area (Å²) in [4.78, 5) is 0. The van der Waals surface area contributed by atoms with Crippen LogP contribution in [0.4, 0.5) is 11.4 Å². The Kier molecular flexibility index (Phi) is 2.63. The molecular weight excluding hydrogens is 224 g/mol. The van der Waals surface area contributed by atoms with E-state index in [0.29, 0.717) is 5.82 Å². The number of nitrogens with two attached hydrogens (primary N) is 1. The highest BCUT2D eigenvalue weighted by Crippen LogP contribution is 2.22. The molecule has 2 aromatic carbocycles. The van der Waals surface area contributed by atoms with E-state index in [2.05, 4.69) is 5.53 Å². The molecule has 0 fully saturated rings. The molecule has 4 nitrogen and oxygen atoms in total. The van der Waals surface area contributed by atoms with Crippen molar-refractivity contribution in [3.63, 3.8) is 0 Å². The Labute approximate surface area is 106 Å². The third kappa shape index (κ3) is 1.89. The monoisotopic (exact) mass is 238 g/mol. The summed E-state index contributed by atoms with van der Waals surface area (Å²) in [7, 11) is 0. The average Bonchev–Trinajstić information content (AvgIpc) is 2.83. The molecule has 90 valence electrons. The lowest BCUT2D eigenvalue weighted by atomic mass is 10.3. The van der Waals surface area contributed by atoms with Crippen LogP contribution in [-0.4, -0.2) is 0 Å². The maximum atomic E-state index is 6.02. The highest BCUT2D eigenvalue weighted by molar-refractivity contribution is 5.58. The van der Waals surface area contributed by atoms with Crippen LogP contribution in [0.15, 0.2) is 72.7 Å². The molecule has 2 aromatic rings. The number of hydrogen-bond acceptors (Lipinski definition) is 4. The number of anilines is 2. The van der Waals surface area contributed by atoms with Crippen LogP contribution in [0.1, 0.15) is 0 Å². The Balaban J connectivity index is 1.86. The summed E-state index contributed by atoms with van der Waals surface area (Å²) in [5.41, 5.74) is 11.3. The minimum Gasteiger partial charge on any atom is -0.383 e. The molecule has 0 aromatic heterocycles. The van der Waals surface area contributed by atoms with Crippen LogP contribution in [0.3, 0.4) is 0 Å². The average molecular weight is 238 g/mol. The van der Waals surface area contributed by atoms with E-state index < -0.39 is 0 Å². The highest BCUT2D eigenvalue weighted by atomic mass is 15.8. The molecule has 0 amide bonds. The van der Waals surface area contributed by atoms with Gasteiger partial charge in [-0.25, -0.2) is 5.01 Å². The van der Waals surface area contributed by atoms with Crippen molar-refractivity contribution in [2.75, 3.05) is 10.0 Å². The Morgan fingerprint density at radius 3 is 1.94 bits per heavy atom. The van der Waals surface area contributed by atoms with E-state index in [9.17, 15) is 0 Å². The third-order valence-electron chi connectivity index (χ3n) is 2.78. The van der Waals surface area contributed by atoms with Crippen molar-refractivity contribution in [2.24, 2.45) is 5.73 Å². The molecule has 3 rings (SSSR count). The van der Waals surface area contributed by atoms with Crippen LogP contribution in [-0.2, 0) is 0 Å². The Hall–Kier alpha value is -2.46. The van der Waals surface area contributed by atoms with Gasteiger partial charge in [-0.2, -0.15) is 0 Å². The first-order chi connectivity index (χ1) is 8.84. The van der Waals surface area contributed by atoms with Crippen LogP contribution < -0.4 is 21.3 Å². The van der Waals surface area contributed by atoms with Gasteiger partial charge < -0.3 is 5.73 Å². The molecule has 3 N–H and O–H groups in total. The fourth-order valence-corrected chi connectivity index (χ4v) is 1.89. The first-order valence-corrected chi connectivity index (χ1v) is 5.77. The van der Waals surface area contributed by atoms with E-state index in [1.807, 2.05) is 76.9 Å². The summed E-state index contributed by atoms with van der Waals surface area (Å²) in [6, 6.07) is 20.0. The molecule has 4 heteroatoms. The van der Waals surface area contributed by atoms with Crippen molar-refractivity contribution in [1.29, 1.82) is 0 Å². The SMILES string of the molecule is NC1=CN(c2ccccc2)NN1c1ccccc1. The minimum atomic E-state index is 0.657. The number of nitrogens with zero attached hydrogens (tertiary/aromatic N) is 2. The lowest BCUT2D eigenvalue weighted by Crippen LogP contribution is -2.42. The summed E-state index contributed by atoms with van der Waals surface area (Å²) in [6.07, 6.45) is 1.86. The predicted molar refractivity (Wildman–Crippen MR) is 73.2 cm³/mol. The van der Waals surface area contributed by atoms with Gasteiger partial charge in [0, 0.05) is 0 Å². The lowest BCUT2D eigenvalue weighted by Gasteiger charge is -2.23. The van der Waals surface area contributed by atoms with Crippen molar-refractivity contribution < 1.29 is 0 Å².